The first-order valence-corrected chi connectivity index (χ1v) is 13.1. The van der Waals surface area contributed by atoms with Gasteiger partial charge in [0.2, 0.25) is 0 Å². The van der Waals surface area contributed by atoms with Crippen molar-refractivity contribution >= 4 is 28.6 Å². The molecule has 1 aliphatic heterocycles. The Hall–Kier alpha value is -3.78. The van der Waals surface area contributed by atoms with Crippen molar-refractivity contribution in [1.29, 1.82) is 0 Å². The Balaban J connectivity index is 0.000000161. The number of aromatic nitrogens is 6. The molecule has 2 saturated carbocycles. The fourth-order valence-corrected chi connectivity index (χ4v) is 5.88. The van der Waals surface area contributed by atoms with E-state index < -0.39 is 12.2 Å². The largest absolute Gasteiger partial charge is 0.396 e. The highest BCUT2D eigenvalue weighted by molar-refractivity contribution is 6.13. The van der Waals surface area contributed by atoms with Gasteiger partial charge in [0.1, 0.15) is 17.2 Å². The van der Waals surface area contributed by atoms with E-state index in [0.29, 0.717) is 35.8 Å². The number of hydrogen-bond acceptors (Lipinski definition) is 11. The Morgan fingerprint density at radius 3 is 2.10 bits per heavy atom. The smallest absolute Gasteiger partial charge is 0.192 e. The number of aliphatic hydroxyl groups is 4. The molecule has 212 valence electrons. The molecule has 2 aliphatic carbocycles. The summed E-state index contributed by atoms with van der Waals surface area (Å²) in [5.41, 5.74) is 9.87. The average molecular weight is 551 g/mol. The SMILES string of the molecule is C=C1[C@H](CO)[C@@H](O)C[C@@H]1n1cnc2c(C)nc(C)nc21.C=C1[C@H](CO)[C@@H](O)C[C@@H]1n1cnc2c1N=C(N)CC2=O. The summed E-state index contributed by atoms with van der Waals surface area (Å²) in [6.45, 7) is 11.5. The maximum absolute atomic E-state index is 11.8. The van der Waals surface area contributed by atoms with Gasteiger partial charge in [0, 0.05) is 11.8 Å². The second-order valence-corrected chi connectivity index (χ2v) is 10.6. The Bertz CT molecular complexity index is 1520. The van der Waals surface area contributed by atoms with E-state index in [9.17, 15) is 25.2 Å². The molecule has 0 spiro atoms. The van der Waals surface area contributed by atoms with Crippen LogP contribution in [0.15, 0.2) is 42.0 Å². The van der Waals surface area contributed by atoms with Gasteiger partial charge in [-0.2, -0.15) is 0 Å². The quantitative estimate of drug-likeness (QED) is 0.290. The van der Waals surface area contributed by atoms with Gasteiger partial charge in [-0.3, -0.25) is 4.79 Å². The molecule has 0 aromatic carbocycles. The number of nitrogens with zero attached hydrogens (tertiary/aromatic N) is 7. The number of fused-ring (bicyclic) bond motifs is 2. The Kier molecular flexibility index (Phi) is 7.40. The summed E-state index contributed by atoms with van der Waals surface area (Å²) in [6.07, 6.45) is 3.03. The molecule has 3 aromatic rings. The number of Topliss-reactive ketones (excluding diaryl/α,β-unsaturated/α-hetero) is 1. The first-order valence-electron chi connectivity index (χ1n) is 13.1. The van der Waals surface area contributed by atoms with Gasteiger partial charge >= 0.3 is 0 Å². The van der Waals surface area contributed by atoms with E-state index in [0.717, 1.165) is 22.4 Å². The first kappa shape index (κ1) is 27.8. The minimum Gasteiger partial charge on any atom is -0.396 e. The summed E-state index contributed by atoms with van der Waals surface area (Å²) in [5.74, 6) is 0.566. The molecule has 3 aliphatic rings. The minimum atomic E-state index is -0.656. The van der Waals surface area contributed by atoms with Crippen molar-refractivity contribution < 1.29 is 25.2 Å². The lowest BCUT2D eigenvalue weighted by molar-refractivity contribution is 0.0992. The fourth-order valence-electron chi connectivity index (χ4n) is 5.88. The number of imidazole rings is 2. The average Bonchev–Trinajstić information content (AvgIpc) is 3.63. The van der Waals surface area contributed by atoms with Crippen LogP contribution in [-0.4, -0.2) is 86.5 Å². The summed E-state index contributed by atoms with van der Waals surface area (Å²) in [5, 5.41) is 38.6. The zero-order valence-electron chi connectivity index (χ0n) is 22.5. The van der Waals surface area contributed by atoms with Gasteiger partial charge in [-0.25, -0.2) is 24.9 Å². The van der Waals surface area contributed by atoms with Crippen molar-refractivity contribution in [2.75, 3.05) is 13.2 Å². The maximum atomic E-state index is 11.8. The number of aryl methyl sites for hydroxylation is 2. The van der Waals surface area contributed by atoms with Gasteiger partial charge in [-0.05, 0) is 37.8 Å². The van der Waals surface area contributed by atoms with Crippen molar-refractivity contribution in [3.05, 3.63) is 54.2 Å². The number of hydrogen-bond donors (Lipinski definition) is 5. The summed E-state index contributed by atoms with van der Waals surface area (Å²) in [6, 6.07) is -0.318. The van der Waals surface area contributed by atoms with Gasteiger partial charge in [0.15, 0.2) is 22.9 Å². The predicted octanol–water partition coefficient (Wildman–Crippen LogP) is 0.842. The van der Waals surface area contributed by atoms with Crippen LogP contribution >= 0.6 is 0 Å². The zero-order valence-corrected chi connectivity index (χ0v) is 22.5. The second kappa shape index (κ2) is 10.7. The highest BCUT2D eigenvalue weighted by Gasteiger charge is 2.39. The molecular weight excluding hydrogens is 516 g/mol. The second-order valence-electron chi connectivity index (χ2n) is 10.6. The molecular formula is C27H34N8O5. The normalized spacial score (nSPS) is 28.1. The van der Waals surface area contributed by atoms with Crippen LogP contribution in [0.2, 0.25) is 0 Å². The number of ketones is 1. The minimum absolute atomic E-state index is 0.0809. The Morgan fingerprint density at radius 1 is 0.950 bits per heavy atom. The first-order chi connectivity index (χ1) is 19.0. The highest BCUT2D eigenvalue weighted by Crippen LogP contribution is 2.42. The topological polar surface area (TPSA) is 198 Å². The van der Waals surface area contributed by atoms with E-state index in [-0.39, 0.29) is 55.2 Å². The van der Waals surface area contributed by atoms with Crippen LogP contribution < -0.4 is 5.73 Å². The molecule has 6 N–H and O–H groups in total. The summed E-state index contributed by atoms with van der Waals surface area (Å²) >= 11 is 0. The molecule has 0 unspecified atom stereocenters. The van der Waals surface area contributed by atoms with E-state index in [4.69, 9.17) is 5.73 Å². The monoisotopic (exact) mass is 550 g/mol. The van der Waals surface area contributed by atoms with Crippen LogP contribution in [0, 0.1) is 25.7 Å². The van der Waals surface area contributed by atoms with Crippen LogP contribution in [0.1, 0.15) is 53.4 Å². The summed E-state index contributed by atoms with van der Waals surface area (Å²) in [7, 11) is 0. The zero-order chi connectivity index (χ0) is 28.9. The van der Waals surface area contributed by atoms with Crippen molar-refractivity contribution in [3.8, 4) is 0 Å². The van der Waals surface area contributed by atoms with Gasteiger partial charge < -0.3 is 35.3 Å². The van der Waals surface area contributed by atoms with Crippen LogP contribution in [-0.2, 0) is 0 Å². The van der Waals surface area contributed by atoms with E-state index in [1.165, 1.54) is 6.33 Å². The molecule has 0 saturated heterocycles. The lowest BCUT2D eigenvalue weighted by Crippen LogP contribution is -2.21. The molecule has 0 radical (unpaired) electrons. The van der Waals surface area contributed by atoms with Crippen LogP contribution in [0.25, 0.3) is 11.2 Å². The molecule has 6 rings (SSSR count). The number of rotatable bonds is 4. The third-order valence-electron chi connectivity index (χ3n) is 8.06. The van der Waals surface area contributed by atoms with Crippen molar-refractivity contribution in [3.63, 3.8) is 0 Å². The van der Waals surface area contributed by atoms with Gasteiger partial charge in [0.05, 0.1) is 62.3 Å². The standard InChI is InChI=1S/C14H18N4O2.C13H16N4O3/c1-7-10(5-19)12(20)4-11(7)18-6-15-13-8(2)16-9(3)17-14(13)18;1-6-7(4-18)9(19)2-8(6)17-5-15-12-10(20)3-11(14)16-13(12)17/h6,10-12,19-20H,1,4-5H2,2-3H3;5,7-9,18-19H,1-4H2,(H2,14,16)/t10-,11-,12-;7-,8-,9-/m00/s1. The number of amidine groups is 1. The Labute approximate surface area is 230 Å². The molecule has 0 amide bonds. The van der Waals surface area contributed by atoms with Gasteiger partial charge in [-0.15, -0.1) is 0 Å². The molecule has 13 nitrogen and oxygen atoms in total. The molecule has 3 aromatic heterocycles. The molecule has 13 heteroatoms. The predicted molar refractivity (Wildman–Crippen MR) is 146 cm³/mol. The number of carbonyl (C=O) groups is 1. The third kappa shape index (κ3) is 4.64. The number of aliphatic hydroxyl groups excluding tert-OH is 4. The van der Waals surface area contributed by atoms with Gasteiger partial charge in [0.25, 0.3) is 0 Å². The fraction of sp³-hybridized carbons (Fsp3) is 0.481. The third-order valence-corrected chi connectivity index (χ3v) is 8.06. The van der Waals surface area contributed by atoms with Crippen molar-refractivity contribution in [2.45, 2.75) is 57.4 Å². The van der Waals surface area contributed by atoms with Crippen molar-refractivity contribution in [2.24, 2.45) is 22.6 Å². The number of aliphatic imine (C=N–C) groups is 1. The lowest BCUT2D eigenvalue weighted by Gasteiger charge is -2.18. The van der Waals surface area contributed by atoms with E-state index in [1.807, 2.05) is 18.4 Å². The molecule has 2 fully saturated rings. The number of carbonyl (C=O) groups excluding carboxylic acids is 1. The van der Waals surface area contributed by atoms with E-state index >= 15 is 0 Å². The van der Waals surface area contributed by atoms with Crippen LogP contribution in [0.5, 0.6) is 0 Å². The van der Waals surface area contributed by atoms with Gasteiger partial charge in [-0.1, -0.05) is 13.2 Å². The van der Waals surface area contributed by atoms with E-state index in [2.05, 4.69) is 38.1 Å². The van der Waals surface area contributed by atoms with Crippen molar-refractivity contribution in [1.82, 2.24) is 29.1 Å². The van der Waals surface area contributed by atoms with Crippen LogP contribution in [0.4, 0.5) is 5.82 Å². The molecule has 0 bridgehead atoms. The summed E-state index contributed by atoms with van der Waals surface area (Å²) in [4.78, 5) is 33.3. The Morgan fingerprint density at radius 2 is 1.52 bits per heavy atom. The molecule has 6 atom stereocenters. The number of nitrogens with two attached hydrogens (primary N) is 1. The highest BCUT2D eigenvalue weighted by atomic mass is 16.3. The van der Waals surface area contributed by atoms with Crippen LogP contribution in [0.3, 0.4) is 0 Å². The lowest BCUT2D eigenvalue weighted by atomic mass is 10.0. The van der Waals surface area contributed by atoms with E-state index in [1.54, 1.807) is 10.9 Å². The molecule has 4 heterocycles. The maximum Gasteiger partial charge on any atom is 0.192 e. The molecule has 40 heavy (non-hydrogen) atoms. The summed E-state index contributed by atoms with van der Waals surface area (Å²) < 4.78 is 3.64.